The molecule has 1 heterocycles. The molecule has 0 aromatic heterocycles. The molecule has 2 amide bonds. The van der Waals surface area contributed by atoms with Crippen LogP contribution in [0.5, 0.6) is 0 Å². The first-order chi connectivity index (χ1) is 19.1. The summed E-state index contributed by atoms with van der Waals surface area (Å²) in [5.74, 6) is -3.58. The maximum atomic E-state index is 12.6. The number of amides is 2. The zero-order valence-corrected chi connectivity index (χ0v) is 22.8. The summed E-state index contributed by atoms with van der Waals surface area (Å²) in [7, 11) is 0. The molecule has 0 atom stereocenters. The number of nitrogens with zero attached hydrogens (tertiary/aromatic N) is 4. The van der Waals surface area contributed by atoms with Gasteiger partial charge in [-0.25, -0.2) is 0 Å². The van der Waals surface area contributed by atoms with Crippen LogP contribution in [0, 0.1) is 0 Å². The van der Waals surface area contributed by atoms with Crippen LogP contribution in [0.3, 0.4) is 0 Å². The molecule has 16 heteroatoms. The highest BCUT2D eigenvalue weighted by Gasteiger charge is 2.21. The lowest BCUT2D eigenvalue weighted by Gasteiger charge is -2.32. The Morgan fingerprint density at radius 3 is 1.30 bits per heavy atom. The van der Waals surface area contributed by atoms with Gasteiger partial charge in [0.25, 0.3) is 0 Å². The maximum Gasteiger partial charge on any atom is 0.317 e. The molecular weight excluding hydrogens is 532 g/mol. The quantitative estimate of drug-likeness (QED) is 0.0851. The molecule has 1 rings (SSSR count). The fourth-order valence-electron chi connectivity index (χ4n) is 3.95. The Kier molecular flexibility index (Phi) is 18.0. The van der Waals surface area contributed by atoms with E-state index in [1.54, 1.807) is 14.7 Å². The van der Waals surface area contributed by atoms with Crippen LogP contribution < -0.4 is 10.6 Å². The minimum Gasteiger partial charge on any atom is -0.480 e. The highest BCUT2D eigenvalue weighted by atomic mass is 16.5. The second-order valence-corrected chi connectivity index (χ2v) is 9.30. The average Bonchev–Trinajstić information content (AvgIpc) is 2.87. The van der Waals surface area contributed by atoms with Gasteiger partial charge in [-0.3, -0.25) is 43.6 Å². The van der Waals surface area contributed by atoms with Crippen LogP contribution in [0.1, 0.15) is 12.8 Å². The van der Waals surface area contributed by atoms with E-state index < -0.39 is 17.9 Å². The van der Waals surface area contributed by atoms with Crippen LogP contribution in [0.4, 0.5) is 0 Å². The minimum absolute atomic E-state index is 0.0136. The summed E-state index contributed by atoms with van der Waals surface area (Å²) in [4.78, 5) is 75.1. The van der Waals surface area contributed by atoms with E-state index in [-0.39, 0.29) is 77.1 Å². The molecule has 1 fully saturated rings. The predicted molar refractivity (Wildman–Crippen MR) is 141 cm³/mol. The largest absolute Gasteiger partial charge is 0.480 e. The molecule has 5 N–H and O–H groups in total. The molecule has 0 bridgehead atoms. The van der Waals surface area contributed by atoms with Crippen LogP contribution in [0.15, 0.2) is 0 Å². The average molecular weight is 575 g/mol. The molecule has 0 aliphatic carbocycles. The molecule has 0 unspecified atom stereocenters. The predicted octanol–water partition coefficient (Wildman–Crippen LogP) is -3.31. The summed E-state index contributed by atoms with van der Waals surface area (Å²) in [6.45, 7) is 2.82. The van der Waals surface area contributed by atoms with Crippen molar-refractivity contribution in [3.05, 3.63) is 0 Å². The summed E-state index contributed by atoms with van der Waals surface area (Å²) in [5, 5.41) is 33.2. The SMILES string of the molecule is O=CCCC(=O)NCCOCCNC(=O)CN1CCN(CC(=O)O)CCN(CC(=O)O)CCN(CC(=O)O)CC1. The summed E-state index contributed by atoms with van der Waals surface area (Å²) >= 11 is 0. The van der Waals surface area contributed by atoms with Gasteiger partial charge in [-0.05, 0) is 0 Å². The zero-order valence-electron chi connectivity index (χ0n) is 22.8. The van der Waals surface area contributed by atoms with Crippen LogP contribution in [0.2, 0.25) is 0 Å². The van der Waals surface area contributed by atoms with Crippen molar-refractivity contribution < 1.29 is 48.8 Å². The van der Waals surface area contributed by atoms with Gasteiger partial charge in [0.15, 0.2) is 0 Å². The third kappa shape index (κ3) is 18.2. The highest BCUT2D eigenvalue weighted by molar-refractivity contribution is 5.78. The van der Waals surface area contributed by atoms with Crippen molar-refractivity contribution in [1.82, 2.24) is 30.2 Å². The smallest absolute Gasteiger partial charge is 0.317 e. The molecule has 16 nitrogen and oxygen atoms in total. The van der Waals surface area contributed by atoms with Crippen LogP contribution in [-0.2, 0) is 33.5 Å². The summed E-state index contributed by atoms with van der Waals surface area (Å²) in [5.41, 5.74) is 0. The first-order valence-corrected chi connectivity index (χ1v) is 13.2. The lowest BCUT2D eigenvalue weighted by atomic mass is 10.3. The maximum absolute atomic E-state index is 12.6. The zero-order chi connectivity index (χ0) is 29.8. The Morgan fingerprint density at radius 1 is 0.600 bits per heavy atom. The molecule has 1 aliphatic rings. The Labute approximate surface area is 233 Å². The van der Waals surface area contributed by atoms with E-state index in [0.29, 0.717) is 58.6 Å². The Balaban J connectivity index is 2.63. The van der Waals surface area contributed by atoms with Gasteiger partial charge in [-0.15, -0.1) is 0 Å². The van der Waals surface area contributed by atoms with Gasteiger partial charge >= 0.3 is 17.9 Å². The van der Waals surface area contributed by atoms with E-state index in [2.05, 4.69) is 10.6 Å². The van der Waals surface area contributed by atoms with Gasteiger partial charge < -0.3 is 35.5 Å². The van der Waals surface area contributed by atoms with Crippen molar-refractivity contribution in [3.8, 4) is 0 Å². The number of aldehydes is 1. The number of carbonyl (C=O) groups is 6. The Hall–Kier alpha value is -3.18. The number of carbonyl (C=O) groups excluding carboxylic acids is 3. The normalized spacial score (nSPS) is 16.8. The monoisotopic (exact) mass is 574 g/mol. The van der Waals surface area contributed by atoms with Crippen molar-refractivity contribution in [2.45, 2.75) is 12.8 Å². The standard InChI is InChI=1S/C24H42N6O10/c31-13-1-2-20(32)25-3-14-40-15-4-26-21(33)16-27-5-7-28(17-22(34)35)9-11-30(19-24(38)39)12-10-29(8-6-27)18-23(36)37/h13H,1-12,14-19H2,(H,25,32)(H,26,33)(H,34,35)(H,36,37)(H,38,39). The molecule has 0 saturated carbocycles. The highest BCUT2D eigenvalue weighted by Crippen LogP contribution is 2.01. The summed E-state index contributed by atoms with van der Waals surface area (Å²) < 4.78 is 5.38. The van der Waals surface area contributed by atoms with Gasteiger partial charge in [-0.2, -0.15) is 0 Å². The van der Waals surface area contributed by atoms with E-state index in [1.165, 1.54) is 0 Å². The molecule has 1 saturated heterocycles. The van der Waals surface area contributed by atoms with Crippen molar-refractivity contribution in [2.24, 2.45) is 0 Å². The Bertz CT molecular complexity index is 798. The second-order valence-electron chi connectivity index (χ2n) is 9.30. The number of nitrogens with one attached hydrogen (secondary N) is 2. The number of hydrogen-bond donors (Lipinski definition) is 5. The van der Waals surface area contributed by atoms with Crippen molar-refractivity contribution in [2.75, 3.05) is 105 Å². The molecule has 1 aliphatic heterocycles. The topological polar surface area (TPSA) is 209 Å². The fourth-order valence-corrected chi connectivity index (χ4v) is 3.95. The van der Waals surface area contributed by atoms with E-state index >= 15 is 0 Å². The first kappa shape index (κ1) is 34.8. The first-order valence-electron chi connectivity index (χ1n) is 13.2. The number of rotatable bonds is 17. The third-order valence-corrected chi connectivity index (χ3v) is 6.00. The fraction of sp³-hybridized carbons (Fsp3) is 0.750. The van der Waals surface area contributed by atoms with Crippen molar-refractivity contribution in [3.63, 3.8) is 0 Å². The number of hydrogen-bond acceptors (Lipinski definition) is 11. The van der Waals surface area contributed by atoms with E-state index in [9.17, 15) is 44.1 Å². The number of carboxylic acids is 3. The second kappa shape index (κ2) is 20.7. The summed E-state index contributed by atoms with van der Waals surface area (Å²) in [6, 6.07) is 0. The van der Waals surface area contributed by atoms with E-state index in [1.807, 2.05) is 4.90 Å². The van der Waals surface area contributed by atoms with Crippen molar-refractivity contribution >= 4 is 36.0 Å². The van der Waals surface area contributed by atoms with Gasteiger partial charge in [-0.1, -0.05) is 0 Å². The number of ether oxygens (including phenoxy) is 1. The third-order valence-electron chi connectivity index (χ3n) is 6.00. The molecule has 0 spiro atoms. The van der Waals surface area contributed by atoms with E-state index in [4.69, 9.17) is 4.74 Å². The van der Waals surface area contributed by atoms with E-state index in [0.717, 1.165) is 0 Å². The lowest BCUT2D eigenvalue weighted by molar-refractivity contribution is -0.140. The van der Waals surface area contributed by atoms with Gasteiger partial charge in [0.2, 0.25) is 11.8 Å². The minimum atomic E-state index is -1.03. The van der Waals surface area contributed by atoms with Crippen LogP contribution in [0.25, 0.3) is 0 Å². The number of carboxylic acid groups (broad SMARTS) is 3. The van der Waals surface area contributed by atoms with Crippen LogP contribution >= 0.6 is 0 Å². The molecule has 40 heavy (non-hydrogen) atoms. The number of aliphatic carboxylic acids is 3. The summed E-state index contributed by atoms with van der Waals surface area (Å²) in [6.07, 6.45) is 0.963. The molecule has 0 radical (unpaired) electrons. The lowest BCUT2D eigenvalue weighted by Crippen LogP contribution is -2.50. The van der Waals surface area contributed by atoms with Gasteiger partial charge in [0.05, 0.1) is 39.4 Å². The Morgan fingerprint density at radius 2 is 0.950 bits per heavy atom. The van der Waals surface area contributed by atoms with Gasteiger partial charge in [0, 0.05) is 78.3 Å². The molecule has 0 aromatic carbocycles. The van der Waals surface area contributed by atoms with Crippen LogP contribution in [-0.4, -0.2) is 176 Å². The molecule has 228 valence electrons. The van der Waals surface area contributed by atoms with Crippen molar-refractivity contribution in [1.29, 1.82) is 0 Å². The van der Waals surface area contributed by atoms with Gasteiger partial charge in [0.1, 0.15) is 6.29 Å². The molecular formula is C24H42N6O10. The molecule has 0 aromatic rings.